The van der Waals surface area contributed by atoms with Gasteiger partial charge in [0.1, 0.15) is 0 Å². The number of rotatable bonds is 2. The first-order valence-corrected chi connectivity index (χ1v) is 6.37. The zero-order chi connectivity index (χ0) is 12.7. The standard InChI is InChI=1S/C16H17NO/c1-3-16(18)11-8-9-15-13(10-11)12-6-4-5-7-14(12)17(15)2/h4-10,16,18H,3H2,1-2H3/t16-/m1/s1. The van der Waals surface area contributed by atoms with Gasteiger partial charge in [-0.3, -0.25) is 0 Å². The van der Waals surface area contributed by atoms with Crippen LogP contribution in [-0.4, -0.2) is 9.67 Å². The van der Waals surface area contributed by atoms with Crippen molar-refractivity contribution in [3.63, 3.8) is 0 Å². The first-order chi connectivity index (χ1) is 8.72. The van der Waals surface area contributed by atoms with Crippen LogP contribution in [0.3, 0.4) is 0 Å². The minimum Gasteiger partial charge on any atom is -0.388 e. The number of aromatic nitrogens is 1. The highest BCUT2D eigenvalue weighted by Crippen LogP contribution is 2.30. The number of aryl methyl sites for hydroxylation is 1. The Balaban J connectivity index is 2.36. The van der Waals surface area contributed by atoms with Gasteiger partial charge in [-0.25, -0.2) is 0 Å². The molecule has 0 bridgehead atoms. The Hall–Kier alpha value is -1.80. The number of benzene rings is 2. The van der Waals surface area contributed by atoms with E-state index in [9.17, 15) is 5.11 Å². The van der Waals surface area contributed by atoms with E-state index in [1.807, 2.05) is 13.0 Å². The maximum absolute atomic E-state index is 9.96. The zero-order valence-electron chi connectivity index (χ0n) is 10.7. The van der Waals surface area contributed by atoms with Gasteiger partial charge in [0.15, 0.2) is 0 Å². The molecular formula is C16H17NO. The average Bonchev–Trinajstić information content (AvgIpc) is 2.72. The fraction of sp³-hybridized carbons (Fsp3) is 0.250. The van der Waals surface area contributed by atoms with Gasteiger partial charge in [0.2, 0.25) is 0 Å². The number of fused-ring (bicyclic) bond motifs is 3. The lowest BCUT2D eigenvalue weighted by Gasteiger charge is -2.08. The van der Waals surface area contributed by atoms with Gasteiger partial charge < -0.3 is 9.67 Å². The van der Waals surface area contributed by atoms with E-state index in [-0.39, 0.29) is 6.10 Å². The van der Waals surface area contributed by atoms with Crippen LogP contribution in [0.4, 0.5) is 0 Å². The van der Waals surface area contributed by atoms with E-state index in [4.69, 9.17) is 0 Å². The molecule has 0 spiro atoms. The summed E-state index contributed by atoms with van der Waals surface area (Å²) in [5.41, 5.74) is 3.44. The van der Waals surface area contributed by atoms with Crippen LogP contribution in [0.15, 0.2) is 42.5 Å². The van der Waals surface area contributed by atoms with Gasteiger partial charge >= 0.3 is 0 Å². The van der Waals surface area contributed by atoms with Crippen molar-refractivity contribution < 1.29 is 5.11 Å². The normalized spacial score (nSPS) is 13.3. The summed E-state index contributed by atoms with van der Waals surface area (Å²) in [4.78, 5) is 0. The van der Waals surface area contributed by atoms with Crippen LogP contribution in [0.2, 0.25) is 0 Å². The largest absolute Gasteiger partial charge is 0.388 e. The molecule has 0 amide bonds. The molecule has 1 heterocycles. The summed E-state index contributed by atoms with van der Waals surface area (Å²) >= 11 is 0. The third-order valence-corrected chi connectivity index (χ3v) is 3.71. The Morgan fingerprint density at radius 2 is 1.78 bits per heavy atom. The number of hydrogen-bond donors (Lipinski definition) is 1. The molecule has 3 rings (SSSR count). The third-order valence-electron chi connectivity index (χ3n) is 3.71. The van der Waals surface area contributed by atoms with Crippen LogP contribution >= 0.6 is 0 Å². The Bertz CT molecular complexity index is 712. The minimum atomic E-state index is -0.367. The van der Waals surface area contributed by atoms with Crippen molar-refractivity contribution in [3.8, 4) is 0 Å². The van der Waals surface area contributed by atoms with Crippen LogP contribution in [0, 0.1) is 0 Å². The molecule has 18 heavy (non-hydrogen) atoms. The SMILES string of the molecule is CC[C@@H](O)c1ccc2c(c1)c1ccccc1n2C. The third kappa shape index (κ3) is 1.53. The second kappa shape index (κ2) is 4.14. The Morgan fingerprint density at radius 1 is 1.06 bits per heavy atom. The van der Waals surface area contributed by atoms with Crippen LogP contribution in [0.25, 0.3) is 21.8 Å². The minimum absolute atomic E-state index is 0.367. The van der Waals surface area contributed by atoms with E-state index in [0.717, 1.165) is 12.0 Å². The summed E-state index contributed by atoms with van der Waals surface area (Å²) < 4.78 is 2.20. The van der Waals surface area contributed by atoms with E-state index in [1.165, 1.54) is 21.8 Å². The summed E-state index contributed by atoms with van der Waals surface area (Å²) in [6.45, 7) is 2.00. The molecule has 2 aromatic carbocycles. The molecule has 0 saturated heterocycles. The highest BCUT2D eigenvalue weighted by molar-refractivity contribution is 6.08. The first-order valence-electron chi connectivity index (χ1n) is 6.37. The lowest BCUT2D eigenvalue weighted by molar-refractivity contribution is 0.174. The van der Waals surface area contributed by atoms with Crippen LogP contribution in [0.1, 0.15) is 25.0 Å². The second-order valence-corrected chi connectivity index (χ2v) is 4.78. The lowest BCUT2D eigenvalue weighted by atomic mass is 10.0. The predicted molar refractivity (Wildman–Crippen MR) is 75.7 cm³/mol. The van der Waals surface area contributed by atoms with Gasteiger partial charge in [0.25, 0.3) is 0 Å². The molecule has 0 fully saturated rings. The van der Waals surface area contributed by atoms with E-state index in [2.05, 4.69) is 48.0 Å². The molecule has 0 saturated carbocycles. The second-order valence-electron chi connectivity index (χ2n) is 4.78. The Morgan fingerprint density at radius 3 is 2.56 bits per heavy atom. The molecular weight excluding hydrogens is 222 g/mol. The van der Waals surface area contributed by atoms with Crippen LogP contribution in [-0.2, 0) is 7.05 Å². The molecule has 1 atom stereocenters. The van der Waals surface area contributed by atoms with Crippen molar-refractivity contribution >= 4 is 21.8 Å². The van der Waals surface area contributed by atoms with Crippen LogP contribution in [0.5, 0.6) is 0 Å². The maximum Gasteiger partial charge on any atom is 0.0787 e. The van der Waals surface area contributed by atoms with Crippen molar-refractivity contribution in [1.29, 1.82) is 0 Å². The monoisotopic (exact) mass is 239 g/mol. The zero-order valence-corrected chi connectivity index (χ0v) is 10.7. The number of aliphatic hydroxyl groups excluding tert-OH is 1. The van der Waals surface area contributed by atoms with Crippen molar-refractivity contribution in [1.82, 2.24) is 4.57 Å². The maximum atomic E-state index is 9.96. The smallest absolute Gasteiger partial charge is 0.0787 e. The highest BCUT2D eigenvalue weighted by Gasteiger charge is 2.10. The number of para-hydroxylation sites is 1. The van der Waals surface area contributed by atoms with Gasteiger partial charge in [-0.05, 0) is 30.2 Å². The lowest BCUT2D eigenvalue weighted by Crippen LogP contribution is -1.94. The quantitative estimate of drug-likeness (QED) is 0.723. The first kappa shape index (κ1) is 11.3. The summed E-state index contributed by atoms with van der Waals surface area (Å²) in [7, 11) is 2.08. The van der Waals surface area contributed by atoms with Crippen molar-refractivity contribution in [3.05, 3.63) is 48.0 Å². The molecule has 1 aromatic heterocycles. The van der Waals surface area contributed by atoms with Gasteiger partial charge in [0.05, 0.1) is 6.10 Å². The van der Waals surface area contributed by atoms with E-state index < -0.39 is 0 Å². The molecule has 1 N–H and O–H groups in total. The van der Waals surface area contributed by atoms with Crippen molar-refractivity contribution in [2.24, 2.45) is 7.05 Å². The molecule has 3 aromatic rings. The topological polar surface area (TPSA) is 25.2 Å². The number of nitrogens with zero attached hydrogens (tertiary/aromatic N) is 1. The van der Waals surface area contributed by atoms with E-state index in [1.54, 1.807) is 0 Å². The van der Waals surface area contributed by atoms with Crippen molar-refractivity contribution in [2.45, 2.75) is 19.4 Å². The van der Waals surface area contributed by atoms with Gasteiger partial charge in [-0.15, -0.1) is 0 Å². The summed E-state index contributed by atoms with van der Waals surface area (Å²) in [5, 5.41) is 12.4. The summed E-state index contributed by atoms with van der Waals surface area (Å²) in [5.74, 6) is 0. The molecule has 0 aliphatic carbocycles. The van der Waals surface area contributed by atoms with Crippen LogP contribution < -0.4 is 0 Å². The molecule has 2 heteroatoms. The number of aliphatic hydroxyl groups is 1. The Kier molecular flexibility index (Phi) is 2.60. The Labute approximate surface area is 106 Å². The summed E-state index contributed by atoms with van der Waals surface area (Å²) in [6, 6.07) is 14.6. The van der Waals surface area contributed by atoms with Gasteiger partial charge in [-0.1, -0.05) is 31.2 Å². The molecule has 0 aliphatic heterocycles. The fourth-order valence-corrected chi connectivity index (χ4v) is 2.63. The molecule has 0 aliphatic rings. The van der Waals surface area contributed by atoms with Gasteiger partial charge in [-0.2, -0.15) is 0 Å². The fourth-order valence-electron chi connectivity index (χ4n) is 2.63. The van der Waals surface area contributed by atoms with Crippen molar-refractivity contribution in [2.75, 3.05) is 0 Å². The molecule has 0 unspecified atom stereocenters. The highest BCUT2D eigenvalue weighted by atomic mass is 16.3. The number of hydrogen-bond acceptors (Lipinski definition) is 1. The molecule has 2 nitrogen and oxygen atoms in total. The van der Waals surface area contributed by atoms with E-state index in [0.29, 0.717) is 0 Å². The molecule has 0 radical (unpaired) electrons. The van der Waals surface area contributed by atoms with E-state index >= 15 is 0 Å². The molecule has 92 valence electrons. The summed E-state index contributed by atoms with van der Waals surface area (Å²) in [6.07, 6.45) is 0.379. The van der Waals surface area contributed by atoms with Gasteiger partial charge in [0, 0.05) is 28.9 Å². The average molecular weight is 239 g/mol. The predicted octanol–water partition coefficient (Wildman–Crippen LogP) is 3.77.